The minimum absolute atomic E-state index is 0.221. The third kappa shape index (κ3) is 2.07. The molecule has 1 N–H and O–H groups in total. The molecule has 96 valence electrons. The van der Waals surface area contributed by atoms with Gasteiger partial charge in [0, 0.05) is 13.1 Å². The van der Waals surface area contributed by atoms with Gasteiger partial charge in [0.05, 0.1) is 16.4 Å². The molecule has 2 unspecified atom stereocenters. The van der Waals surface area contributed by atoms with Crippen LogP contribution in [-0.2, 0) is 7.05 Å². The number of nitrogens with one attached hydrogen (secondary N) is 1. The molecule has 1 aliphatic rings. The van der Waals surface area contributed by atoms with Crippen molar-refractivity contribution in [3.8, 4) is 0 Å². The summed E-state index contributed by atoms with van der Waals surface area (Å²) in [5.41, 5.74) is 2.19. The SMILES string of the molecule is Cn1c(NC2CCCCC2Cl)nc2ccccc21. The Kier molecular flexibility index (Phi) is 3.16. The van der Waals surface area contributed by atoms with E-state index in [1.54, 1.807) is 0 Å². The van der Waals surface area contributed by atoms with E-state index in [4.69, 9.17) is 11.6 Å². The Balaban J connectivity index is 1.88. The number of imidazole rings is 1. The van der Waals surface area contributed by atoms with Crippen molar-refractivity contribution in [2.45, 2.75) is 37.1 Å². The highest BCUT2D eigenvalue weighted by Crippen LogP contribution is 2.27. The Labute approximate surface area is 112 Å². The maximum atomic E-state index is 6.38. The summed E-state index contributed by atoms with van der Waals surface area (Å²) in [6.45, 7) is 0. The topological polar surface area (TPSA) is 29.9 Å². The molecule has 1 heterocycles. The number of hydrogen-bond acceptors (Lipinski definition) is 2. The standard InChI is InChI=1S/C14H18ClN3/c1-18-13-9-5-4-8-12(13)17-14(18)16-11-7-3-2-6-10(11)15/h4-5,8-11H,2-3,6-7H2,1H3,(H,16,17). The van der Waals surface area contributed by atoms with Crippen molar-refractivity contribution >= 4 is 28.6 Å². The van der Waals surface area contributed by atoms with E-state index in [1.807, 2.05) is 25.2 Å². The van der Waals surface area contributed by atoms with Crippen LogP contribution >= 0.6 is 11.6 Å². The molecule has 1 saturated carbocycles. The van der Waals surface area contributed by atoms with Crippen molar-refractivity contribution in [2.24, 2.45) is 7.05 Å². The number of fused-ring (bicyclic) bond motifs is 1. The summed E-state index contributed by atoms with van der Waals surface area (Å²) in [5, 5.41) is 3.73. The molecular weight excluding hydrogens is 246 g/mol. The van der Waals surface area contributed by atoms with E-state index in [1.165, 1.54) is 12.8 Å². The number of benzene rings is 1. The fraction of sp³-hybridized carbons (Fsp3) is 0.500. The van der Waals surface area contributed by atoms with Gasteiger partial charge in [0.25, 0.3) is 0 Å². The molecule has 0 amide bonds. The molecule has 1 aliphatic carbocycles. The summed E-state index contributed by atoms with van der Waals surface area (Å²) in [5.74, 6) is 0.925. The van der Waals surface area contributed by atoms with Crippen LogP contribution in [0.5, 0.6) is 0 Å². The highest BCUT2D eigenvalue weighted by molar-refractivity contribution is 6.21. The lowest BCUT2D eigenvalue weighted by molar-refractivity contribution is 0.467. The van der Waals surface area contributed by atoms with Crippen molar-refractivity contribution in [1.82, 2.24) is 9.55 Å². The zero-order chi connectivity index (χ0) is 12.5. The summed E-state index contributed by atoms with van der Waals surface area (Å²) in [7, 11) is 2.05. The van der Waals surface area contributed by atoms with Crippen LogP contribution in [0.1, 0.15) is 25.7 Å². The van der Waals surface area contributed by atoms with Crippen LogP contribution in [-0.4, -0.2) is 21.0 Å². The van der Waals surface area contributed by atoms with Crippen LogP contribution in [0.2, 0.25) is 0 Å². The van der Waals surface area contributed by atoms with Gasteiger partial charge >= 0.3 is 0 Å². The summed E-state index contributed by atoms with van der Waals surface area (Å²) in [6.07, 6.45) is 4.74. The fourth-order valence-electron chi connectivity index (χ4n) is 2.69. The number of nitrogens with zero attached hydrogens (tertiary/aromatic N) is 2. The number of hydrogen-bond donors (Lipinski definition) is 1. The minimum atomic E-state index is 0.221. The van der Waals surface area contributed by atoms with E-state index < -0.39 is 0 Å². The van der Waals surface area contributed by atoms with Gasteiger partial charge in [-0.2, -0.15) is 0 Å². The van der Waals surface area contributed by atoms with Gasteiger partial charge in [-0.1, -0.05) is 25.0 Å². The molecule has 1 aromatic heterocycles. The van der Waals surface area contributed by atoms with Gasteiger partial charge in [0.1, 0.15) is 0 Å². The maximum absolute atomic E-state index is 6.38. The lowest BCUT2D eigenvalue weighted by Gasteiger charge is -2.28. The lowest BCUT2D eigenvalue weighted by Crippen LogP contribution is -2.33. The summed E-state index contributed by atoms with van der Waals surface area (Å²) < 4.78 is 2.10. The molecule has 3 nitrogen and oxygen atoms in total. The van der Waals surface area contributed by atoms with Crippen LogP contribution in [0.15, 0.2) is 24.3 Å². The van der Waals surface area contributed by atoms with Crippen LogP contribution in [0.3, 0.4) is 0 Å². The molecule has 3 rings (SSSR count). The molecule has 1 aromatic carbocycles. The Morgan fingerprint density at radius 1 is 1.28 bits per heavy atom. The van der Waals surface area contributed by atoms with Gasteiger partial charge in [-0.3, -0.25) is 0 Å². The molecule has 0 saturated heterocycles. The molecule has 2 aromatic rings. The van der Waals surface area contributed by atoms with Crippen molar-refractivity contribution in [3.05, 3.63) is 24.3 Å². The van der Waals surface area contributed by atoms with Gasteiger partial charge in [-0.15, -0.1) is 11.6 Å². The number of anilines is 1. The third-order valence-electron chi connectivity index (χ3n) is 3.78. The molecule has 0 aliphatic heterocycles. The number of aromatic nitrogens is 2. The quantitative estimate of drug-likeness (QED) is 0.840. The molecule has 4 heteroatoms. The predicted octanol–water partition coefficient (Wildman–Crippen LogP) is 3.54. The number of alkyl halides is 1. The average molecular weight is 264 g/mol. The van der Waals surface area contributed by atoms with Gasteiger partial charge in [-0.05, 0) is 25.0 Å². The Bertz CT molecular complexity index is 549. The normalized spacial score (nSPS) is 24.3. The second kappa shape index (κ2) is 4.81. The molecule has 0 spiro atoms. The molecule has 18 heavy (non-hydrogen) atoms. The van der Waals surface area contributed by atoms with Crippen LogP contribution < -0.4 is 5.32 Å². The van der Waals surface area contributed by atoms with Crippen molar-refractivity contribution in [3.63, 3.8) is 0 Å². The zero-order valence-corrected chi connectivity index (χ0v) is 11.3. The maximum Gasteiger partial charge on any atom is 0.203 e. The van der Waals surface area contributed by atoms with Crippen LogP contribution in [0.25, 0.3) is 11.0 Å². The van der Waals surface area contributed by atoms with Crippen LogP contribution in [0, 0.1) is 0 Å². The van der Waals surface area contributed by atoms with Gasteiger partial charge in [0.2, 0.25) is 5.95 Å². The second-order valence-corrected chi connectivity index (χ2v) is 5.60. The fourth-order valence-corrected chi connectivity index (χ4v) is 3.03. The Morgan fingerprint density at radius 3 is 2.83 bits per heavy atom. The van der Waals surface area contributed by atoms with Gasteiger partial charge in [-0.25, -0.2) is 4.98 Å². The highest BCUT2D eigenvalue weighted by Gasteiger charge is 2.24. The van der Waals surface area contributed by atoms with Crippen molar-refractivity contribution in [1.29, 1.82) is 0 Å². The number of halogens is 1. The van der Waals surface area contributed by atoms with Gasteiger partial charge in [0.15, 0.2) is 0 Å². The third-order valence-corrected chi connectivity index (χ3v) is 4.31. The predicted molar refractivity (Wildman–Crippen MR) is 76.2 cm³/mol. The first-order chi connectivity index (χ1) is 8.75. The van der Waals surface area contributed by atoms with E-state index in [0.29, 0.717) is 6.04 Å². The number of rotatable bonds is 2. The highest BCUT2D eigenvalue weighted by atomic mass is 35.5. The first-order valence-corrected chi connectivity index (χ1v) is 7.01. The molecule has 0 radical (unpaired) electrons. The van der Waals surface area contributed by atoms with E-state index in [-0.39, 0.29) is 5.38 Å². The lowest BCUT2D eigenvalue weighted by atomic mass is 9.95. The summed E-state index contributed by atoms with van der Waals surface area (Å²) in [4.78, 5) is 4.63. The van der Waals surface area contributed by atoms with E-state index in [9.17, 15) is 0 Å². The largest absolute Gasteiger partial charge is 0.351 e. The summed E-state index contributed by atoms with van der Waals surface area (Å²) >= 11 is 6.38. The van der Waals surface area contributed by atoms with E-state index >= 15 is 0 Å². The van der Waals surface area contributed by atoms with E-state index in [0.717, 1.165) is 29.8 Å². The molecule has 2 atom stereocenters. The summed E-state index contributed by atoms with van der Waals surface area (Å²) in [6, 6.07) is 8.53. The zero-order valence-electron chi connectivity index (χ0n) is 10.6. The molecule has 0 bridgehead atoms. The van der Waals surface area contributed by atoms with Gasteiger partial charge < -0.3 is 9.88 Å². The Morgan fingerprint density at radius 2 is 2.06 bits per heavy atom. The van der Waals surface area contributed by atoms with Crippen molar-refractivity contribution in [2.75, 3.05) is 5.32 Å². The van der Waals surface area contributed by atoms with E-state index in [2.05, 4.69) is 20.9 Å². The number of aryl methyl sites for hydroxylation is 1. The first-order valence-electron chi connectivity index (χ1n) is 6.58. The first kappa shape index (κ1) is 11.8. The molecule has 1 fully saturated rings. The average Bonchev–Trinajstić information content (AvgIpc) is 2.70. The second-order valence-electron chi connectivity index (χ2n) is 5.03. The molecular formula is C14H18ClN3. The smallest absolute Gasteiger partial charge is 0.203 e. The Hall–Kier alpha value is -1.22. The monoisotopic (exact) mass is 263 g/mol. The number of para-hydroxylation sites is 2. The van der Waals surface area contributed by atoms with Crippen molar-refractivity contribution < 1.29 is 0 Å². The minimum Gasteiger partial charge on any atom is -0.351 e. The van der Waals surface area contributed by atoms with Crippen LogP contribution in [0.4, 0.5) is 5.95 Å².